The van der Waals surface area contributed by atoms with Gasteiger partial charge in [0.05, 0.1) is 0 Å². The van der Waals surface area contributed by atoms with E-state index in [0.29, 0.717) is 12.2 Å². The van der Waals surface area contributed by atoms with Crippen LogP contribution in [0.3, 0.4) is 0 Å². The van der Waals surface area contributed by atoms with Crippen molar-refractivity contribution in [1.82, 2.24) is 5.32 Å². The lowest BCUT2D eigenvalue weighted by molar-refractivity contribution is -0.120. The first-order valence-corrected chi connectivity index (χ1v) is 2.67. The van der Waals surface area contributed by atoms with E-state index in [1.165, 1.54) is 0 Å². The molecular weight excluding hydrogens is 110 g/mol. The van der Waals surface area contributed by atoms with Crippen LogP contribution in [0.1, 0.15) is 6.42 Å². The van der Waals surface area contributed by atoms with Gasteiger partial charge in [-0.2, -0.15) is 0 Å². The topological polar surface area (TPSA) is 29.1 Å². The first kappa shape index (κ1) is 6.82. The summed E-state index contributed by atoms with van der Waals surface area (Å²) in [4.78, 5) is 10.2. The summed E-state index contributed by atoms with van der Waals surface area (Å²) in [6, 6.07) is 0. The van der Waals surface area contributed by atoms with Crippen molar-refractivity contribution >= 4 is 18.5 Å². The summed E-state index contributed by atoms with van der Waals surface area (Å²) < 4.78 is 0. The van der Waals surface area contributed by atoms with Crippen LogP contribution in [0.4, 0.5) is 0 Å². The maximum Gasteiger partial charge on any atom is 0.220 e. The largest absolute Gasteiger partial charge is 0.359 e. The smallest absolute Gasteiger partial charge is 0.220 e. The lowest BCUT2D eigenvalue weighted by atomic mass is 10.5. The van der Waals surface area contributed by atoms with Crippen molar-refractivity contribution in [1.29, 1.82) is 0 Å². The number of carbonyl (C=O) groups excluding carboxylic acids is 1. The second-order valence-corrected chi connectivity index (χ2v) is 1.54. The quantitative estimate of drug-likeness (QED) is 0.556. The molecule has 0 aliphatic rings. The van der Waals surface area contributed by atoms with Gasteiger partial charge < -0.3 is 5.32 Å². The lowest BCUT2D eigenvalue weighted by Crippen LogP contribution is -2.17. The van der Waals surface area contributed by atoms with Gasteiger partial charge in [0.2, 0.25) is 5.91 Å². The van der Waals surface area contributed by atoms with Crippen molar-refractivity contribution < 1.29 is 4.79 Å². The number of hydrogen-bond donors (Lipinski definition) is 1. The Balaban J connectivity index is 3.00. The van der Waals surface area contributed by atoms with E-state index in [4.69, 9.17) is 0 Å². The molecule has 0 unspecified atom stereocenters. The molecule has 0 fully saturated rings. The highest BCUT2D eigenvalue weighted by Gasteiger charge is 1.90. The molecule has 41 valence electrons. The van der Waals surface area contributed by atoms with Crippen molar-refractivity contribution in [3.05, 3.63) is 0 Å². The monoisotopic (exact) mass is 118 g/mol. The maximum absolute atomic E-state index is 10.2. The minimum absolute atomic E-state index is 0.0231. The lowest BCUT2D eigenvalue weighted by Gasteiger charge is -1.90. The number of hydrogen-bond acceptors (Lipinski definition) is 1. The Morgan fingerprint density at radius 1 is 1.86 bits per heavy atom. The highest BCUT2D eigenvalue weighted by molar-refractivity contribution is 7.80. The van der Waals surface area contributed by atoms with E-state index in [2.05, 4.69) is 17.9 Å². The third kappa shape index (κ3) is 3.66. The SMILES string of the molecule is CNC(=O)CC[S]. The number of rotatable bonds is 2. The van der Waals surface area contributed by atoms with Crippen molar-refractivity contribution in [2.24, 2.45) is 0 Å². The third-order valence-electron chi connectivity index (χ3n) is 0.608. The average Bonchev–Trinajstić information content (AvgIpc) is 1.68. The first-order valence-electron chi connectivity index (χ1n) is 2.10. The fourth-order valence-corrected chi connectivity index (χ4v) is 0.403. The Morgan fingerprint density at radius 2 is 2.43 bits per heavy atom. The molecule has 0 aliphatic carbocycles. The zero-order valence-electron chi connectivity index (χ0n) is 4.23. The fraction of sp³-hybridized carbons (Fsp3) is 0.750. The van der Waals surface area contributed by atoms with Crippen molar-refractivity contribution in [2.75, 3.05) is 12.8 Å². The number of amides is 1. The Kier molecular flexibility index (Phi) is 3.89. The van der Waals surface area contributed by atoms with E-state index < -0.39 is 0 Å². The third-order valence-corrected chi connectivity index (χ3v) is 0.812. The molecular formula is C4H8NOS. The number of nitrogens with one attached hydrogen (secondary N) is 1. The minimum Gasteiger partial charge on any atom is -0.359 e. The van der Waals surface area contributed by atoms with Gasteiger partial charge in [0.25, 0.3) is 0 Å². The molecule has 0 saturated heterocycles. The molecule has 0 bridgehead atoms. The molecule has 2 nitrogen and oxygen atoms in total. The molecule has 0 rings (SSSR count). The average molecular weight is 118 g/mol. The summed E-state index contributed by atoms with van der Waals surface area (Å²) in [6.07, 6.45) is 0.464. The van der Waals surface area contributed by atoms with Crippen molar-refractivity contribution in [3.8, 4) is 0 Å². The summed E-state index contributed by atoms with van der Waals surface area (Å²) in [5.41, 5.74) is 0. The summed E-state index contributed by atoms with van der Waals surface area (Å²) in [5.74, 6) is 0.537. The summed E-state index contributed by atoms with van der Waals surface area (Å²) in [7, 11) is 1.60. The second kappa shape index (κ2) is 3.99. The van der Waals surface area contributed by atoms with Crippen molar-refractivity contribution in [3.63, 3.8) is 0 Å². The highest BCUT2D eigenvalue weighted by atomic mass is 32.1. The molecule has 0 aromatic carbocycles. The van der Waals surface area contributed by atoms with Crippen molar-refractivity contribution in [2.45, 2.75) is 6.42 Å². The Morgan fingerprint density at radius 3 is 2.57 bits per heavy atom. The molecule has 7 heavy (non-hydrogen) atoms. The molecule has 0 aromatic rings. The maximum atomic E-state index is 10.2. The Labute approximate surface area is 48.7 Å². The standard InChI is InChI=1S/C4H8NOS/c1-5-4(6)2-3-7/h2-3H2,1H3,(H,5,6). The van der Waals surface area contributed by atoms with E-state index in [9.17, 15) is 4.79 Å². The van der Waals surface area contributed by atoms with E-state index in [-0.39, 0.29) is 5.91 Å². The Bertz CT molecular complexity index is 64.7. The van der Waals surface area contributed by atoms with E-state index in [0.717, 1.165) is 0 Å². The van der Waals surface area contributed by atoms with Gasteiger partial charge in [0.15, 0.2) is 0 Å². The van der Waals surface area contributed by atoms with Crippen LogP contribution in [-0.2, 0) is 4.79 Å². The first-order chi connectivity index (χ1) is 3.31. The predicted octanol–water partition coefficient (Wildman–Crippen LogP) is 0.320. The van der Waals surface area contributed by atoms with E-state index in [1.807, 2.05) is 0 Å². The molecule has 0 saturated carbocycles. The van der Waals surface area contributed by atoms with Crippen LogP contribution < -0.4 is 5.32 Å². The fourth-order valence-electron chi connectivity index (χ4n) is 0.218. The molecule has 0 aliphatic heterocycles. The zero-order chi connectivity index (χ0) is 5.70. The van der Waals surface area contributed by atoms with Gasteiger partial charge in [-0.3, -0.25) is 4.79 Å². The summed E-state index contributed by atoms with van der Waals surface area (Å²) >= 11 is 4.53. The molecule has 0 atom stereocenters. The molecule has 1 radical (unpaired) electrons. The molecule has 1 N–H and O–H groups in total. The molecule has 3 heteroatoms. The number of carbonyl (C=O) groups is 1. The van der Waals surface area contributed by atoms with Crippen LogP contribution in [0.25, 0.3) is 0 Å². The van der Waals surface area contributed by atoms with E-state index >= 15 is 0 Å². The molecule has 0 spiro atoms. The van der Waals surface area contributed by atoms with Gasteiger partial charge in [-0.1, -0.05) is 12.6 Å². The highest BCUT2D eigenvalue weighted by Crippen LogP contribution is 1.80. The van der Waals surface area contributed by atoms with Crippen LogP contribution in [0.5, 0.6) is 0 Å². The van der Waals surface area contributed by atoms with Crippen LogP contribution in [0.2, 0.25) is 0 Å². The molecule has 1 amide bonds. The van der Waals surface area contributed by atoms with Crippen LogP contribution in [0.15, 0.2) is 0 Å². The van der Waals surface area contributed by atoms with Gasteiger partial charge in [-0.15, -0.1) is 0 Å². The van der Waals surface area contributed by atoms with Crippen LogP contribution in [-0.4, -0.2) is 18.7 Å². The second-order valence-electron chi connectivity index (χ2n) is 1.13. The normalized spacial score (nSPS) is 8.29. The molecule has 0 aromatic heterocycles. The minimum atomic E-state index is 0.0231. The van der Waals surface area contributed by atoms with Gasteiger partial charge in [0, 0.05) is 19.2 Å². The summed E-state index contributed by atoms with van der Waals surface area (Å²) in [5, 5.41) is 2.46. The van der Waals surface area contributed by atoms with Crippen LogP contribution >= 0.6 is 12.6 Å². The molecule has 0 heterocycles. The predicted molar refractivity (Wildman–Crippen MR) is 31.1 cm³/mol. The summed E-state index contributed by atoms with van der Waals surface area (Å²) in [6.45, 7) is 0. The van der Waals surface area contributed by atoms with Gasteiger partial charge in [-0.25, -0.2) is 0 Å². The van der Waals surface area contributed by atoms with Gasteiger partial charge >= 0.3 is 0 Å². The van der Waals surface area contributed by atoms with Crippen LogP contribution in [0, 0.1) is 0 Å². The zero-order valence-corrected chi connectivity index (χ0v) is 5.05. The van der Waals surface area contributed by atoms with E-state index in [1.54, 1.807) is 7.05 Å². The van der Waals surface area contributed by atoms with Gasteiger partial charge in [-0.05, 0) is 0 Å². The van der Waals surface area contributed by atoms with Gasteiger partial charge in [0.1, 0.15) is 0 Å². The Hall–Kier alpha value is -0.180.